The molecule has 1 aromatic carbocycles. The van der Waals surface area contributed by atoms with Crippen molar-refractivity contribution in [1.82, 2.24) is 15.5 Å². The van der Waals surface area contributed by atoms with Crippen molar-refractivity contribution in [2.45, 2.75) is 6.92 Å². The largest absolute Gasteiger partial charge is 0.367 e. The summed E-state index contributed by atoms with van der Waals surface area (Å²) in [5, 5.41) is 17.0. The normalized spacial score (nSPS) is 10.6. The van der Waals surface area contributed by atoms with Crippen molar-refractivity contribution in [3.05, 3.63) is 30.0 Å². The first kappa shape index (κ1) is 10.8. The maximum absolute atomic E-state index is 4.19. The Kier molecular flexibility index (Phi) is 3.31. The quantitative estimate of drug-likeness (QED) is 0.762. The number of benzene rings is 1. The molecule has 84 valence electrons. The zero-order valence-corrected chi connectivity index (χ0v) is 9.62. The monoisotopic (exact) mass is 216 g/mol. The molecule has 0 amide bonds. The van der Waals surface area contributed by atoms with Gasteiger partial charge in [-0.2, -0.15) is 5.10 Å². The van der Waals surface area contributed by atoms with Gasteiger partial charge in [-0.25, -0.2) is 0 Å². The van der Waals surface area contributed by atoms with Gasteiger partial charge in [0, 0.05) is 23.9 Å². The minimum absolute atomic E-state index is 0.845. The van der Waals surface area contributed by atoms with Gasteiger partial charge in [-0.1, -0.05) is 24.3 Å². The van der Waals surface area contributed by atoms with Crippen LogP contribution in [-0.2, 0) is 0 Å². The molecule has 2 aromatic rings. The van der Waals surface area contributed by atoms with E-state index in [1.54, 1.807) is 0 Å². The molecule has 0 saturated carbocycles. The molecule has 0 bridgehead atoms. The predicted molar refractivity (Wildman–Crippen MR) is 66.7 cm³/mol. The van der Waals surface area contributed by atoms with Crippen LogP contribution in [0.4, 0.5) is 5.82 Å². The molecule has 0 spiro atoms. The van der Waals surface area contributed by atoms with Crippen LogP contribution in [0, 0.1) is 6.92 Å². The van der Waals surface area contributed by atoms with Crippen molar-refractivity contribution in [1.29, 1.82) is 0 Å². The molecule has 0 radical (unpaired) electrons. The fourth-order valence-corrected chi connectivity index (χ4v) is 1.67. The van der Waals surface area contributed by atoms with Crippen LogP contribution in [-0.4, -0.2) is 30.3 Å². The highest BCUT2D eigenvalue weighted by molar-refractivity contribution is 5.92. The number of fused-ring (bicyclic) bond motifs is 1. The third-order valence-corrected chi connectivity index (χ3v) is 2.54. The van der Waals surface area contributed by atoms with Gasteiger partial charge >= 0.3 is 0 Å². The molecule has 16 heavy (non-hydrogen) atoms. The summed E-state index contributed by atoms with van der Waals surface area (Å²) in [6, 6.07) is 8.18. The van der Waals surface area contributed by atoms with Gasteiger partial charge in [0.05, 0.1) is 5.69 Å². The van der Waals surface area contributed by atoms with E-state index in [2.05, 4.69) is 33.0 Å². The summed E-state index contributed by atoms with van der Waals surface area (Å²) in [6.45, 7) is 3.73. The zero-order chi connectivity index (χ0) is 11.4. The molecule has 0 aliphatic carbocycles. The van der Waals surface area contributed by atoms with Gasteiger partial charge < -0.3 is 10.6 Å². The average Bonchev–Trinajstić information content (AvgIpc) is 2.33. The molecule has 4 heteroatoms. The summed E-state index contributed by atoms with van der Waals surface area (Å²) in [7, 11) is 1.93. The van der Waals surface area contributed by atoms with E-state index in [-0.39, 0.29) is 0 Å². The molecule has 2 N–H and O–H groups in total. The van der Waals surface area contributed by atoms with Crippen molar-refractivity contribution in [2.24, 2.45) is 0 Å². The van der Waals surface area contributed by atoms with Crippen molar-refractivity contribution >= 4 is 16.6 Å². The number of rotatable bonds is 4. The smallest absolute Gasteiger partial charge is 0.156 e. The fourth-order valence-electron chi connectivity index (χ4n) is 1.67. The van der Waals surface area contributed by atoms with Crippen LogP contribution in [0.2, 0.25) is 0 Å². The number of hydrogen-bond donors (Lipinski definition) is 2. The van der Waals surface area contributed by atoms with Crippen LogP contribution in [0.15, 0.2) is 24.3 Å². The van der Waals surface area contributed by atoms with E-state index in [0.717, 1.165) is 35.4 Å². The number of aromatic nitrogens is 2. The highest BCUT2D eigenvalue weighted by Gasteiger charge is 2.04. The highest BCUT2D eigenvalue weighted by atomic mass is 15.2. The number of nitrogens with zero attached hydrogens (tertiary/aromatic N) is 2. The zero-order valence-electron chi connectivity index (χ0n) is 9.62. The Morgan fingerprint density at radius 2 is 1.81 bits per heavy atom. The molecular weight excluding hydrogens is 200 g/mol. The lowest BCUT2D eigenvalue weighted by Gasteiger charge is -2.08. The van der Waals surface area contributed by atoms with Crippen molar-refractivity contribution in [3.8, 4) is 0 Å². The van der Waals surface area contributed by atoms with E-state index in [0.29, 0.717) is 0 Å². The number of anilines is 1. The lowest BCUT2D eigenvalue weighted by molar-refractivity contribution is 0.819. The van der Waals surface area contributed by atoms with E-state index in [1.165, 1.54) is 0 Å². The molecule has 0 aliphatic heterocycles. The van der Waals surface area contributed by atoms with Crippen LogP contribution in [0.1, 0.15) is 5.69 Å². The molecule has 0 unspecified atom stereocenters. The van der Waals surface area contributed by atoms with Crippen molar-refractivity contribution < 1.29 is 0 Å². The number of likely N-dealkylation sites (N-methyl/N-ethyl adjacent to an activating group) is 1. The molecule has 4 nitrogen and oxygen atoms in total. The Bertz CT molecular complexity index is 481. The van der Waals surface area contributed by atoms with Gasteiger partial charge in [0.15, 0.2) is 5.82 Å². The second-order valence-corrected chi connectivity index (χ2v) is 3.71. The van der Waals surface area contributed by atoms with Gasteiger partial charge in [0.2, 0.25) is 0 Å². The Morgan fingerprint density at radius 3 is 2.56 bits per heavy atom. The Hall–Kier alpha value is -1.68. The third kappa shape index (κ3) is 2.12. The average molecular weight is 216 g/mol. The molecule has 2 rings (SSSR count). The first-order valence-electron chi connectivity index (χ1n) is 5.43. The minimum Gasteiger partial charge on any atom is -0.367 e. The number of aryl methyl sites for hydroxylation is 1. The second-order valence-electron chi connectivity index (χ2n) is 3.71. The number of nitrogens with one attached hydrogen (secondary N) is 2. The van der Waals surface area contributed by atoms with Crippen LogP contribution < -0.4 is 10.6 Å². The van der Waals surface area contributed by atoms with Crippen LogP contribution in [0.25, 0.3) is 10.8 Å². The van der Waals surface area contributed by atoms with E-state index < -0.39 is 0 Å². The van der Waals surface area contributed by atoms with E-state index in [1.807, 2.05) is 26.1 Å². The fraction of sp³-hybridized carbons (Fsp3) is 0.333. The summed E-state index contributed by atoms with van der Waals surface area (Å²) in [4.78, 5) is 0. The van der Waals surface area contributed by atoms with E-state index in [9.17, 15) is 0 Å². The van der Waals surface area contributed by atoms with Crippen LogP contribution in [0.3, 0.4) is 0 Å². The molecule has 1 aromatic heterocycles. The first-order chi connectivity index (χ1) is 7.83. The summed E-state index contributed by atoms with van der Waals surface area (Å²) in [6.07, 6.45) is 0. The first-order valence-corrected chi connectivity index (χ1v) is 5.43. The van der Waals surface area contributed by atoms with Crippen LogP contribution in [0.5, 0.6) is 0 Å². The highest BCUT2D eigenvalue weighted by Crippen LogP contribution is 2.21. The Balaban J connectivity index is 2.35. The van der Waals surface area contributed by atoms with Gasteiger partial charge in [0.25, 0.3) is 0 Å². The van der Waals surface area contributed by atoms with Crippen molar-refractivity contribution in [3.63, 3.8) is 0 Å². The Labute approximate surface area is 95.1 Å². The molecule has 0 aliphatic rings. The van der Waals surface area contributed by atoms with E-state index >= 15 is 0 Å². The number of hydrogen-bond acceptors (Lipinski definition) is 4. The predicted octanol–water partition coefficient (Wildman–Crippen LogP) is 1.57. The lowest BCUT2D eigenvalue weighted by atomic mass is 10.1. The maximum Gasteiger partial charge on any atom is 0.156 e. The van der Waals surface area contributed by atoms with Crippen LogP contribution >= 0.6 is 0 Å². The second kappa shape index (κ2) is 4.90. The summed E-state index contributed by atoms with van der Waals surface area (Å²) in [5.41, 5.74) is 0.967. The lowest BCUT2D eigenvalue weighted by Crippen LogP contribution is -2.18. The molecule has 0 fully saturated rings. The maximum atomic E-state index is 4.19. The third-order valence-electron chi connectivity index (χ3n) is 2.54. The van der Waals surface area contributed by atoms with E-state index in [4.69, 9.17) is 0 Å². The minimum atomic E-state index is 0.845. The summed E-state index contributed by atoms with van der Waals surface area (Å²) in [5.74, 6) is 0.858. The standard InChI is InChI=1S/C12H16N4/c1-9-10-5-3-4-6-11(10)12(16-15-9)14-8-7-13-2/h3-6,13H,7-8H2,1-2H3,(H,14,16). The van der Waals surface area contributed by atoms with Gasteiger partial charge in [0.1, 0.15) is 0 Å². The molecular formula is C12H16N4. The SMILES string of the molecule is CNCCNc1nnc(C)c2ccccc12. The summed E-state index contributed by atoms with van der Waals surface area (Å²) >= 11 is 0. The van der Waals surface area contributed by atoms with Gasteiger partial charge in [-0.05, 0) is 14.0 Å². The van der Waals surface area contributed by atoms with Crippen molar-refractivity contribution in [2.75, 3.05) is 25.5 Å². The Morgan fingerprint density at radius 1 is 1.06 bits per heavy atom. The van der Waals surface area contributed by atoms with Gasteiger partial charge in [-0.15, -0.1) is 5.10 Å². The van der Waals surface area contributed by atoms with Gasteiger partial charge in [-0.3, -0.25) is 0 Å². The molecule has 1 heterocycles. The topological polar surface area (TPSA) is 49.8 Å². The summed E-state index contributed by atoms with van der Waals surface area (Å²) < 4.78 is 0. The molecule has 0 atom stereocenters. The molecule has 0 saturated heterocycles.